The van der Waals surface area contributed by atoms with Crippen molar-refractivity contribution in [3.8, 4) is 0 Å². The Morgan fingerprint density at radius 3 is 2.45 bits per heavy atom. The van der Waals surface area contributed by atoms with Crippen LogP contribution >= 0.6 is 0 Å². The van der Waals surface area contributed by atoms with Crippen molar-refractivity contribution in [3.05, 3.63) is 35.6 Å². The van der Waals surface area contributed by atoms with Gasteiger partial charge in [-0.1, -0.05) is 12.1 Å². The SMILES string of the molecule is C[C@@H](NC(=O)C1CCC(C(=O)O)O1)c1ccc(F)cc1. The summed E-state index contributed by atoms with van der Waals surface area (Å²) in [4.78, 5) is 22.7. The van der Waals surface area contributed by atoms with Crippen LogP contribution in [-0.4, -0.2) is 29.2 Å². The van der Waals surface area contributed by atoms with Gasteiger partial charge in [-0.05, 0) is 37.5 Å². The number of hydrogen-bond donors (Lipinski definition) is 2. The van der Waals surface area contributed by atoms with Crippen LogP contribution in [0, 0.1) is 5.82 Å². The molecule has 0 aromatic heterocycles. The summed E-state index contributed by atoms with van der Waals surface area (Å²) >= 11 is 0. The monoisotopic (exact) mass is 281 g/mol. The predicted molar refractivity (Wildman–Crippen MR) is 68.5 cm³/mol. The number of carboxylic acids is 1. The second kappa shape index (κ2) is 6.00. The van der Waals surface area contributed by atoms with Gasteiger partial charge in [-0.3, -0.25) is 4.79 Å². The number of carbonyl (C=O) groups is 2. The van der Waals surface area contributed by atoms with E-state index in [9.17, 15) is 14.0 Å². The van der Waals surface area contributed by atoms with E-state index in [1.165, 1.54) is 12.1 Å². The molecule has 1 aliphatic rings. The van der Waals surface area contributed by atoms with Gasteiger partial charge in [0.05, 0.1) is 6.04 Å². The predicted octanol–water partition coefficient (Wildman–Crippen LogP) is 1.64. The van der Waals surface area contributed by atoms with Crippen molar-refractivity contribution >= 4 is 11.9 Å². The van der Waals surface area contributed by atoms with Crippen molar-refractivity contribution in [1.82, 2.24) is 5.32 Å². The first kappa shape index (κ1) is 14.5. The highest BCUT2D eigenvalue weighted by atomic mass is 19.1. The minimum absolute atomic E-state index is 0.296. The second-order valence-electron chi connectivity index (χ2n) is 4.81. The van der Waals surface area contributed by atoms with E-state index >= 15 is 0 Å². The molecule has 0 spiro atoms. The highest BCUT2D eigenvalue weighted by molar-refractivity contribution is 5.82. The Bertz CT molecular complexity index is 502. The summed E-state index contributed by atoms with van der Waals surface area (Å²) in [6.45, 7) is 1.77. The second-order valence-corrected chi connectivity index (χ2v) is 4.81. The molecule has 1 heterocycles. The lowest BCUT2D eigenvalue weighted by molar-refractivity contribution is -0.151. The van der Waals surface area contributed by atoms with Gasteiger partial charge in [-0.2, -0.15) is 0 Å². The Morgan fingerprint density at radius 1 is 1.30 bits per heavy atom. The number of carboxylic acid groups (broad SMARTS) is 1. The van der Waals surface area contributed by atoms with Crippen LogP contribution in [0.25, 0.3) is 0 Å². The normalized spacial score (nSPS) is 23.3. The fourth-order valence-electron chi connectivity index (χ4n) is 2.15. The molecule has 1 aromatic carbocycles. The zero-order valence-electron chi connectivity index (χ0n) is 11.0. The largest absolute Gasteiger partial charge is 0.479 e. The number of amides is 1. The molecule has 1 saturated heterocycles. The fourth-order valence-corrected chi connectivity index (χ4v) is 2.15. The summed E-state index contributed by atoms with van der Waals surface area (Å²) in [5.41, 5.74) is 0.771. The van der Waals surface area contributed by atoms with Crippen molar-refractivity contribution in [3.63, 3.8) is 0 Å². The lowest BCUT2D eigenvalue weighted by Crippen LogP contribution is -2.37. The van der Waals surface area contributed by atoms with Crippen LogP contribution in [0.15, 0.2) is 24.3 Å². The summed E-state index contributed by atoms with van der Waals surface area (Å²) in [6.07, 6.45) is -0.928. The first-order valence-electron chi connectivity index (χ1n) is 6.41. The number of nitrogens with one attached hydrogen (secondary N) is 1. The summed E-state index contributed by atoms with van der Waals surface area (Å²) in [6, 6.07) is 5.54. The highest BCUT2D eigenvalue weighted by Crippen LogP contribution is 2.21. The zero-order chi connectivity index (χ0) is 14.7. The lowest BCUT2D eigenvalue weighted by Gasteiger charge is -2.17. The van der Waals surface area contributed by atoms with E-state index in [0.29, 0.717) is 12.8 Å². The molecule has 0 bridgehead atoms. The van der Waals surface area contributed by atoms with Crippen molar-refractivity contribution in [2.45, 2.75) is 38.0 Å². The number of benzene rings is 1. The molecule has 0 saturated carbocycles. The first-order chi connectivity index (χ1) is 9.47. The third kappa shape index (κ3) is 3.33. The Morgan fingerprint density at radius 2 is 1.90 bits per heavy atom. The van der Waals surface area contributed by atoms with E-state index in [2.05, 4.69) is 5.32 Å². The lowest BCUT2D eigenvalue weighted by atomic mass is 10.1. The number of aliphatic carboxylic acids is 1. The van der Waals surface area contributed by atoms with Gasteiger partial charge in [0, 0.05) is 0 Å². The van der Waals surface area contributed by atoms with E-state index in [1.54, 1.807) is 19.1 Å². The fraction of sp³-hybridized carbons (Fsp3) is 0.429. The van der Waals surface area contributed by atoms with Crippen LogP contribution in [0.4, 0.5) is 4.39 Å². The molecule has 2 N–H and O–H groups in total. The Hall–Kier alpha value is -1.95. The van der Waals surface area contributed by atoms with Crippen LogP contribution < -0.4 is 5.32 Å². The number of halogens is 1. The van der Waals surface area contributed by atoms with Gasteiger partial charge in [-0.15, -0.1) is 0 Å². The molecule has 1 fully saturated rings. The average Bonchev–Trinajstić information content (AvgIpc) is 2.89. The molecule has 108 valence electrons. The Balaban J connectivity index is 1.91. The van der Waals surface area contributed by atoms with Gasteiger partial charge in [0.25, 0.3) is 0 Å². The van der Waals surface area contributed by atoms with Crippen LogP contribution in [0.2, 0.25) is 0 Å². The molecule has 20 heavy (non-hydrogen) atoms. The van der Waals surface area contributed by atoms with Crippen LogP contribution in [0.1, 0.15) is 31.4 Å². The van der Waals surface area contributed by atoms with Crippen molar-refractivity contribution in [1.29, 1.82) is 0 Å². The van der Waals surface area contributed by atoms with Gasteiger partial charge < -0.3 is 15.2 Å². The van der Waals surface area contributed by atoms with Gasteiger partial charge in [0.1, 0.15) is 11.9 Å². The molecular formula is C14H16FNO4. The molecule has 2 rings (SSSR count). The van der Waals surface area contributed by atoms with Crippen LogP contribution in [0.5, 0.6) is 0 Å². The molecule has 0 radical (unpaired) electrons. The number of ether oxygens (including phenoxy) is 1. The third-order valence-corrected chi connectivity index (χ3v) is 3.32. The van der Waals surface area contributed by atoms with E-state index < -0.39 is 18.2 Å². The van der Waals surface area contributed by atoms with E-state index in [1.807, 2.05) is 0 Å². The summed E-state index contributed by atoms with van der Waals surface area (Å²) in [5, 5.41) is 11.5. The standard InChI is InChI=1S/C14H16FNO4/c1-8(9-2-4-10(15)5-3-9)16-13(17)11-6-7-12(20-11)14(18)19/h2-5,8,11-12H,6-7H2,1H3,(H,16,17)(H,18,19)/t8-,11?,12?/m1/s1. The van der Waals surface area contributed by atoms with Gasteiger partial charge >= 0.3 is 5.97 Å². The smallest absolute Gasteiger partial charge is 0.332 e. The maximum absolute atomic E-state index is 12.8. The minimum Gasteiger partial charge on any atom is -0.479 e. The molecule has 2 unspecified atom stereocenters. The summed E-state index contributed by atoms with van der Waals surface area (Å²) in [5.74, 6) is -1.73. The highest BCUT2D eigenvalue weighted by Gasteiger charge is 2.35. The molecular weight excluding hydrogens is 265 g/mol. The number of hydrogen-bond acceptors (Lipinski definition) is 3. The van der Waals surface area contributed by atoms with Crippen molar-refractivity contribution < 1.29 is 23.8 Å². The summed E-state index contributed by atoms with van der Waals surface area (Å²) < 4.78 is 18.0. The molecule has 3 atom stereocenters. The zero-order valence-corrected chi connectivity index (χ0v) is 11.0. The Labute approximate surface area is 115 Å². The molecule has 1 aliphatic heterocycles. The average molecular weight is 281 g/mol. The number of carbonyl (C=O) groups excluding carboxylic acids is 1. The van der Waals surface area contributed by atoms with E-state index in [-0.39, 0.29) is 17.8 Å². The van der Waals surface area contributed by atoms with Gasteiger partial charge in [-0.25, -0.2) is 9.18 Å². The van der Waals surface area contributed by atoms with Crippen LogP contribution in [0.3, 0.4) is 0 Å². The van der Waals surface area contributed by atoms with Crippen LogP contribution in [-0.2, 0) is 14.3 Å². The maximum Gasteiger partial charge on any atom is 0.332 e. The van der Waals surface area contributed by atoms with E-state index in [0.717, 1.165) is 5.56 Å². The van der Waals surface area contributed by atoms with Gasteiger partial charge in [0.2, 0.25) is 5.91 Å². The van der Waals surface area contributed by atoms with Crippen molar-refractivity contribution in [2.75, 3.05) is 0 Å². The third-order valence-electron chi connectivity index (χ3n) is 3.32. The molecule has 6 heteroatoms. The molecule has 1 aromatic rings. The Kier molecular flexibility index (Phi) is 4.34. The minimum atomic E-state index is -1.05. The topological polar surface area (TPSA) is 75.6 Å². The van der Waals surface area contributed by atoms with Gasteiger partial charge in [0.15, 0.2) is 6.10 Å². The molecule has 1 amide bonds. The summed E-state index contributed by atoms with van der Waals surface area (Å²) in [7, 11) is 0. The number of rotatable bonds is 4. The first-order valence-corrected chi connectivity index (χ1v) is 6.41. The maximum atomic E-state index is 12.8. The quantitative estimate of drug-likeness (QED) is 0.879. The van der Waals surface area contributed by atoms with Crippen molar-refractivity contribution in [2.24, 2.45) is 0 Å². The molecule has 0 aliphatic carbocycles. The molecule has 5 nitrogen and oxygen atoms in total. The van der Waals surface area contributed by atoms with E-state index in [4.69, 9.17) is 9.84 Å².